The Hall–Kier alpha value is -0.830. The number of hydrogen-bond acceptors (Lipinski definition) is 3. The molecule has 1 aliphatic carbocycles. The van der Waals surface area contributed by atoms with Crippen LogP contribution < -0.4 is 0 Å². The van der Waals surface area contributed by atoms with E-state index in [1.807, 2.05) is 0 Å². The van der Waals surface area contributed by atoms with Crippen molar-refractivity contribution in [2.75, 3.05) is 0 Å². The number of aliphatic hydroxyl groups is 1. The maximum atomic E-state index is 11.0. The van der Waals surface area contributed by atoms with Gasteiger partial charge in [0.25, 0.3) is 0 Å². The van der Waals surface area contributed by atoms with Crippen LogP contribution in [0.25, 0.3) is 0 Å². The summed E-state index contributed by atoms with van der Waals surface area (Å²) in [4.78, 5) is 11.0. The zero-order chi connectivity index (χ0) is 9.90. The predicted molar refractivity (Wildman–Crippen MR) is 49.2 cm³/mol. The lowest BCUT2D eigenvalue weighted by atomic mass is 9.83. The molecule has 2 unspecified atom stereocenters. The molecule has 0 aromatic rings. The minimum Gasteiger partial charge on any atom is -0.453 e. The fourth-order valence-electron chi connectivity index (χ4n) is 1.68. The minimum atomic E-state index is -0.705. The molecule has 0 aliphatic heterocycles. The van der Waals surface area contributed by atoms with Gasteiger partial charge in [-0.15, -0.1) is 0 Å². The number of carbonyl (C=O) groups is 1. The molecule has 0 spiro atoms. The van der Waals surface area contributed by atoms with Crippen LogP contribution in [0.3, 0.4) is 0 Å². The van der Waals surface area contributed by atoms with E-state index in [0.29, 0.717) is 6.42 Å². The SMILES string of the molecule is C=CC(=O)OC1(C)CCCCC1O. The number of aliphatic hydroxyl groups excluding tert-OH is 1. The van der Waals surface area contributed by atoms with Crippen molar-refractivity contribution in [3.63, 3.8) is 0 Å². The summed E-state index contributed by atoms with van der Waals surface area (Å²) in [5.41, 5.74) is -0.705. The van der Waals surface area contributed by atoms with Crippen LogP contribution in [0.2, 0.25) is 0 Å². The largest absolute Gasteiger partial charge is 0.453 e. The highest BCUT2D eigenvalue weighted by molar-refractivity contribution is 5.81. The summed E-state index contributed by atoms with van der Waals surface area (Å²) < 4.78 is 5.13. The first kappa shape index (κ1) is 10.3. The summed E-state index contributed by atoms with van der Waals surface area (Å²) in [6.07, 6.45) is 4.03. The third kappa shape index (κ3) is 2.31. The fourth-order valence-corrected chi connectivity index (χ4v) is 1.68. The molecule has 0 saturated heterocycles. The van der Waals surface area contributed by atoms with Crippen LogP contribution in [-0.4, -0.2) is 22.8 Å². The highest BCUT2D eigenvalue weighted by atomic mass is 16.6. The highest BCUT2D eigenvalue weighted by Gasteiger charge is 2.38. The van der Waals surface area contributed by atoms with Crippen molar-refractivity contribution in [1.29, 1.82) is 0 Å². The van der Waals surface area contributed by atoms with E-state index in [4.69, 9.17) is 4.74 Å². The second-order valence-electron chi connectivity index (χ2n) is 3.70. The fraction of sp³-hybridized carbons (Fsp3) is 0.700. The number of carbonyl (C=O) groups excluding carboxylic acids is 1. The summed E-state index contributed by atoms with van der Waals surface area (Å²) in [7, 11) is 0. The van der Waals surface area contributed by atoms with Gasteiger partial charge < -0.3 is 9.84 Å². The second kappa shape index (κ2) is 3.92. The van der Waals surface area contributed by atoms with Crippen LogP contribution in [0.15, 0.2) is 12.7 Å². The average Bonchev–Trinajstić information content (AvgIpc) is 2.10. The first-order chi connectivity index (χ1) is 6.08. The molecule has 0 bridgehead atoms. The molecule has 74 valence electrons. The van der Waals surface area contributed by atoms with Crippen molar-refractivity contribution in [3.05, 3.63) is 12.7 Å². The maximum Gasteiger partial charge on any atom is 0.330 e. The van der Waals surface area contributed by atoms with Crippen LogP contribution >= 0.6 is 0 Å². The van der Waals surface area contributed by atoms with Crippen molar-refractivity contribution in [3.8, 4) is 0 Å². The molecule has 1 N–H and O–H groups in total. The number of rotatable bonds is 2. The molecule has 0 aromatic heterocycles. The standard InChI is InChI=1S/C10H16O3/c1-3-9(12)13-10(2)7-5-4-6-8(10)11/h3,8,11H,1,4-7H2,2H3. The van der Waals surface area contributed by atoms with E-state index in [2.05, 4.69) is 6.58 Å². The molecule has 3 heteroatoms. The Morgan fingerprint density at radius 3 is 2.92 bits per heavy atom. The van der Waals surface area contributed by atoms with Gasteiger partial charge in [0.1, 0.15) is 5.60 Å². The Morgan fingerprint density at radius 2 is 2.38 bits per heavy atom. The van der Waals surface area contributed by atoms with Crippen LogP contribution in [0, 0.1) is 0 Å². The molecule has 1 saturated carbocycles. The van der Waals surface area contributed by atoms with E-state index in [1.54, 1.807) is 6.92 Å². The smallest absolute Gasteiger partial charge is 0.330 e. The molecular weight excluding hydrogens is 168 g/mol. The maximum absolute atomic E-state index is 11.0. The molecule has 1 rings (SSSR count). The van der Waals surface area contributed by atoms with Gasteiger partial charge in [0, 0.05) is 6.08 Å². The lowest BCUT2D eigenvalue weighted by Crippen LogP contribution is -2.45. The monoisotopic (exact) mass is 184 g/mol. The molecule has 0 heterocycles. The number of esters is 1. The Bertz CT molecular complexity index is 212. The summed E-state index contributed by atoms with van der Waals surface area (Å²) in [5, 5.41) is 9.66. The molecular formula is C10H16O3. The average molecular weight is 184 g/mol. The normalized spacial score (nSPS) is 33.8. The van der Waals surface area contributed by atoms with Crippen LogP contribution in [0.5, 0.6) is 0 Å². The van der Waals surface area contributed by atoms with Gasteiger partial charge in [-0.1, -0.05) is 13.0 Å². The van der Waals surface area contributed by atoms with E-state index in [0.717, 1.165) is 25.3 Å². The Labute approximate surface area is 78.4 Å². The van der Waals surface area contributed by atoms with Crippen molar-refractivity contribution in [1.82, 2.24) is 0 Å². The molecule has 13 heavy (non-hydrogen) atoms. The lowest BCUT2D eigenvalue weighted by Gasteiger charge is -2.37. The van der Waals surface area contributed by atoms with E-state index < -0.39 is 17.7 Å². The van der Waals surface area contributed by atoms with Crippen molar-refractivity contribution in [2.24, 2.45) is 0 Å². The molecule has 2 atom stereocenters. The third-order valence-corrected chi connectivity index (χ3v) is 2.61. The van der Waals surface area contributed by atoms with E-state index in [1.165, 1.54) is 0 Å². The van der Waals surface area contributed by atoms with Crippen LogP contribution in [-0.2, 0) is 9.53 Å². The van der Waals surface area contributed by atoms with Gasteiger partial charge in [0.15, 0.2) is 0 Å². The zero-order valence-corrected chi connectivity index (χ0v) is 7.95. The number of hydrogen-bond donors (Lipinski definition) is 1. The van der Waals surface area contributed by atoms with Crippen molar-refractivity contribution in [2.45, 2.75) is 44.3 Å². The molecule has 0 radical (unpaired) electrons. The van der Waals surface area contributed by atoms with E-state index >= 15 is 0 Å². The first-order valence-electron chi connectivity index (χ1n) is 4.62. The summed E-state index contributed by atoms with van der Waals surface area (Å²) in [6.45, 7) is 5.10. The molecule has 1 fully saturated rings. The minimum absolute atomic E-state index is 0.455. The van der Waals surface area contributed by atoms with E-state index in [9.17, 15) is 9.90 Å². The van der Waals surface area contributed by atoms with E-state index in [-0.39, 0.29) is 0 Å². The molecule has 0 amide bonds. The Kier molecular flexibility index (Phi) is 3.09. The predicted octanol–water partition coefficient (Wildman–Crippen LogP) is 1.41. The molecule has 3 nitrogen and oxygen atoms in total. The molecule has 1 aliphatic rings. The lowest BCUT2D eigenvalue weighted by molar-refractivity contribution is -0.170. The number of ether oxygens (including phenoxy) is 1. The zero-order valence-electron chi connectivity index (χ0n) is 7.95. The first-order valence-corrected chi connectivity index (χ1v) is 4.62. The Morgan fingerprint density at radius 1 is 1.69 bits per heavy atom. The van der Waals surface area contributed by atoms with Gasteiger partial charge in [-0.3, -0.25) is 0 Å². The van der Waals surface area contributed by atoms with Gasteiger partial charge in [-0.05, 0) is 26.2 Å². The topological polar surface area (TPSA) is 46.5 Å². The second-order valence-corrected chi connectivity index (χ2v) is 3.70. The van der Waals surface area contributed by atoms with Crippen LogP contribution in [0.4, 0.5) is 0 Å². The highest BCUT2D eigenvalue weighted by Crippen LogP contribution is 2.31. The van der Waals surface area contributed by atoms with Gasteiger partial charge in [0.05, 0.1) is 6.10 Å². The quantitative estimate of drug-likeness (QED) is 0.521. The summed E-state index contributed by atoms with van der Waals surface area (Å²) in [5.74, 6) is -0.455. The van der Waals surface area contributed by atoms with Crippen LogP contribution in [0.1, 0.15) is 32.6 Å². The summed E-state index contributed by atoms with van der Waals surface area (Å²) >= 11 is 0. The third-order valence-electron chi connectivity index (χ3n) is 2.61. The van der Waals surface area contributed by atoms with Crippen molar-refractivity contribution < 1.29 is 14.6 Å². The van der Waals surface area contributed by atoms with Gasteiger partial charge in [0.2, 0.25) is 0 Å². The van der Waals surface area contributed by atoms with Crippen molar-refractivity contribution >= 4 is 5.97 Å². The van der Waals surface area contributed by atoms with Gasteiger partial charge >= 0.3 is 5.97 Å². The van der Waals surface area contributed by atoms with Gasteiger partial charge in [-0.2, -0.15) is 0 Å². The molecule has 0 aromatic carbocycles. The van der Waals surface area contributed by atoms with Gasteiger partial charge in [-0.25, -0.2) is 4.79 Å². The Balaban J connectivity index is 2.61. The summed E-state index contributed by atoms with van der Waals surface area (Å²) in [6, 6.07) is 0.